The van der Waals surface area contributed by atoms with Gasteiger partial charge in [-0.2, -0.15) is 0 Å². The maximum absolute atomic E-state index is 12.0. The van der Waals surface area contributed by atoms with Gasteiger partial charge in [0.1, 0.15) is 0 Å². The fraction of sp³-hybridized carbons (Fsp3) is 0.467. The molecule has 1 atom stereocenters. The van der Waals surface area contributed by atoms with Crippen molar-refractivity contribution in [3.63, 3.8) is 0 Å². The fourth-order valence-electron chi connectivity index (χ4n) is 2.35. The Kier molecular flexibility index (Phi) is 5.14. The highest BCUT2D eigenvalue weighted by atomic mass is 79.9. The summed E-state index contributed by atoms with van der Waals surface area (Å²) in [5.74, 6) is 0.112. The third-order valence-electron chi connectivity index (χ3n) is 3.49. The van der Waals surface area contributed by atoms with E-state index < -0.39 is 0 Å². The molecular formula is C15H18BrNO2. The standard InChI is InChI=1S/C15H18BrNO2/c16-10-13(12-6-2-1-3-7-12)11-17-14(18)8-4-5-9-15(17)19/h1-3,6-7,13H,4-5,8-11H2. The molecule has 1 unspecified atom stereocenters. The molecule has 4 heteroatoms. The maximum atomic E-state index is 12.0. The molecule has 1 aromatic rings. The lowest BCUT2D eigenvalue weighted by atomic mass is 10.0. The van der Waals surface area contributed by atoms with Crippen LogP contribution < -0.4 is 0 Å². The Balaban J connectivity index is 2.12. The minimum absolute atomic E-state index is 0.0237. The Morgan fingerprint density at radius 2 is 1.63 bits per heavy atom. The third kappa shape index (κ3) is 3.66. The van der Waals surface area contributed by atoms with Gasteiger partial charge in [0.05, 0.1) is 0 Å². The molecule has 0 spiro atoms. The van der Waals surface area contributed by atoms with E-state index >= 15 is 0 Å². The minimum Gasteiger partial charge on any atom is -0.282 e. The van der Waals surface area contributed by atoms with Crippen molar-refractivity contribution < 1.29 is 9.59 Å². The Bertz CT molecular complexity index is 429. The molecule has 2 amide bonds. The van der Waals surface area contributed by atoms with Crippen molar-refractivity contribution in [2.45, 2.75) is 31.6 Å². The van der Waals surface area contributed by atoms with Gasteiger partial charge < -0.3 is 0 Å². The molecule has 2 rings (SSSR count). The first-order valence-electron chi connectivity index (χ1n) is 6.66. The second kappa shape index (κ2) is 6.85. The smallest absolute Gasteiger partial charge is 0.229 e. The number of imide groups is 1. The number of likely N-dealkylation sites (tertiary alicyclic amines) is 1. The minimum atomic E-state index is -0.0237. The zero-order valence-electron chi connectivity index (χ0n) is 10.8. The normalized spacial score (nSPS) is 18.3. The summed E-state index contributed by atoms with van der Waals surface area (Å²) >= 11 is 3.49. The Morgan fingerprint density at radius 1 is 1.05 bits per heavy atom. The summed E-state index contributed by atoms with van der Waals surface area (Å²) in [6.45, 7) is 0.479. The van der Waals surface area contributed by atoms with Gasteiger partial charge in [0, 0.05) is 30.6 Å². The second-order valence-corrected chi connectivity index (χ2v) is 5.51. The number of hydrogen-bond donors (Lipinski definition) is 0. The monoisotopic (exact) mass is 323 g/mol. The molecule has 102 valence electrons. The molecule has 0 aromatic heterocycles. The zero-order chi connectivity index (χ0) is 13.7. The predicted octanol–water partition coefficient (Wildman–Crippen LogP) is 3.09. The molecule has 0 radical (unpaired) electrons. The van der Waals surface area contributed by atoms with E-state index in [4.69, 9.17) is 0 Å². The highest BCUT2D eigenvalue weighted by molar-refractivity contribution is 9.09. The largest absolute Gasteiger partial charge is 0.282 e. The molecule has 1 heterocycles. The molecule has 1 aliphatic heterocycles. The number of hydrogen-bond acceptors (Lipinski definition) is 2. The summed E-state index contributed by atoms with van der Waals surface area (Å²) in [4.78, 5) is 25.4. The number of rotatable bonds is 4. The molecule has 3 nitrogen and oxygen atoms in total. The molecule has 1 aliphatic rings. The van der Waals surface area contributed by atoms with E-state index in [0.717, 1.165) is 23.7 Å². The second-order valence-electron chi connectivity index (χ2n) is 4.87. The van der Waals surface area contributed by atoms with Crippen molar-refractivity contribution in [1.29, 1.82) is 0 Å². The van der Waals surface area contributed by atoms with E-state index in [-0.39, 0.29) is 17.7 Å². The Labute approximate surface area is 122 Å². The highest BCUT2D eigenvalue weighted by Gasteiger charge is 2.26. The molecule has 0 bridgehead atoms. The number of halogens is 1. The van der Waals surface area contributed by atoms with Crippen LogP contribution in [-0.2, 0) is 9.59 Å². The van der Waals surface area contributed by atoms with Crippen LogP contribution in [0.2, 0.25) is 0 Å². The third-order valence-corrected chi connectivity index (χ3v) is 4.28. The lowest BCUT2D eigenvalue weighted by molar-refractivity contribution is -0.144. The molecular weight excluding hydrogens is 306 g/mol. The molecule has 1 saturated heterocycles. The van der Waals surface area contributed by atoms with Crippen LogP contribution in [0, 0.1) is 0 Å². The van der Waals surface area contributed by atoms with Gasteiger partial charge in [-0.05, 0) is 18.4 Å². The van der Waals surface area contributed by atoms with Gasteiger partial charge in [0.25, 0.3) is 0 Å². The quantitative estimate of drug-likeness (QED) is 0.630. The van der Waals surface area contributed by atoms with Crippen molar-refractivity contribution in [2.24, 2.45) is 0 Å². The van der Waals surface area contributed by atoms with Gasteiger partial charge in [-0.15, -0.1) is 0 Å². The van der Waals surface area contributed by atoms with Crippen LogP contribution in [0.5, 0.6) is 0 Å². The summed E-state index contributed by atoms with van der Waals surface area (Å²) in [7, 11) is 0. The first kappa shape index (κ1) is 14.3. The lowest BCUT2D eigenvalue weighted by Crippen LogP contribution is -2.38. The lowest BCUT2D eigenvalue weighted by Gasteiger charge is -2.24. The van der Waals surface area contributed by atoms with Crippen molar-refractivity contribution >= 4 is 27.7 Å². The van der Waals surface area contributed by atoms with E-state index in [0.29, 0.717) is 19.4 Å². The summed E-state index contributed by atoms with van der Waals surface area (Å²) < 4.78 is 0. The SMILES string of the molecule is O=C1CCCCC(=O)N1CC(CBr)c1ccccc1. The Morgan fingerprint density at radius 3 is 2.16 bits per heavy atom. The first-order chi connectivity index (χ1) is 9.22. The molecule has 0 aliphatic carbocycles. The van der Waals surface area contributed by atoms with Crippen LogP contribution in [0.25, 0.3) is 0 Å². The van der Waals surface area contributed by atoms with Gasteiger partial charge in [0.15, 0.2) is 0 Å². The van der Waals surface area contributed by atoms with Crippen LogP contribution in [0.3, 0.4) is 0 Å². The number of carbonyl (C=O) groups excluding carboxylic acids is 2. The number of nitrogens with zero attached hydrogens (tertiary/aromatic N) is 1. The molecule has 19 heavy (non-hydrogen) atoms. The van der Waals surface area contributed by atoms with E-state index in [2.05, 4.69) is 15.9 Å². The first-order valence-corrected chi connectivity index (χ1v) is 7.78. The van der Waals surface area contributed by atoms with Crippen LogP contribution in [-0.4, -0.2) is 28.6 Å². The van der Waals surface area contributed by atoms with Gasteiger partial charge in [-0.25, -0.2) is 0 Å². The van der Waals surface area contributed by atoms with Gasteiger partial charge in [-0.3, -0.25) is 14.5 Å². The van der Waals surface area contributed by atoms with Gasteiger partial charge in [-0.1, -0.05) is 46.3 Å². The average molecular weight is 324 g/mol. The summed E-state index contributed by atoms with van der Waals surface area (Å²) in [5.41, 5.74) is 1.16. The molecule has 1 aromatic carbocycles. The van der Waals surface area contributed by atoms with E-state index in [1.807, 2.05) is 30.3 Å². The highest BCUT2D eigenvalue weighted by Crippen LogP contribution is 2.22. The zero-order valence-corrected chi connectivity index (χ0v) is 12.4. The van der Waals surface area contributed by atoms with Gasteiger partial charge >= 0.3 is 0 Å². The van der Waals surface area contributed by atoms with Crippen molar-refractivity contribution in [3.05, 3.63) is 35.9 Å². The topological polar surface area (TPSA) is 37.4 Å². The number of amides is 2. The van der Waals surface area contributed by atoms with Crippen LogP contribution in [0.4, 0.5) is 0 Å². The van der Waals surface area contributed by atoms with Crippen LogP contribution >= 0.6 is 15.9 Å². The fourth-order valence-corrected chi connectivity index (χ4v) is 2.93. The van der Waals surface area contributed by atoms with E-state index in [1.165, 1.54) is 4.90 Å². The maximum Gasteiger partial charge on any atom is 0.229 e. The van der Waals surface area contributed by atoms with Crippen molar-refractivity contribution in [2.75, 3.05) is 11.9 Å². The van der Waals surface area contributed by atoms with E-state index in [9.17, 15) is 9.59 Å². The molecule has 0 N–H and O–H groups in total. The molecule has 1 fully saturated rings. The molecule has 0 saturated carbocycles. The number of carbonyl (C=O) groups is 2. The summed E-state index contributed by atoms with van der Waals surface area (Å²) in [6, 6.07) is 10.0. The number of alkyl halides is 1. The Hall–Kier alpha value is -1.16. The van der Waals surface area contributed by atoms with Gasteiger partial charge in [0.2, 0.25) is 11.8 Å². The van der Waals surface area contributed by atoms with E-state index in [1.54, 1.807) is 0 Å². The van der Waals surface area contributed by atoms with Crippen LogP contribution in [0.15, 0.2) is 30.3 Å². The van der Waals surface area contributed by atoms with Crippen molar-refractivity contribution in [1.82, 2.24) is 4.90 Å². The number of benzene rings is 1. The summed E-state index contributed by atoms with van der Waals surface area (Å²) in [5, 5.41) is 0.744. The van der Waals surface area contributed by atoms with Crippen molar-refractivity contribution in [3.8, 4) is 0 Å². The average Bonchev–Trinajstić information content (AvgIpc) is 2.59. The predicted molar refractivity (Wildman–Crippen MR) is 78.2 cm³/mol. The van der Waals surface area contributed by atoms with Crippen LogP contribution in [0.1, 0.15) is 37.2 Å². The summed E-state index contributed by atoms with van der Waals surface area (Å²) in [6.07, 6.45) is 2.64.